The zero-order valence-electron chi connectivity index (χ0n) is 13.3. The molecule has 0 radical (unpaired) electrons. The molecule has 5 nitrogen and oxygen atoms in total. The fourth-order valence-electron chi connectivity index (χ4n) is 1.95. The largest absolute Gasteiger partial charge is 0.493 e. The molecule has 0 aromatic heterocycles. The molecule has 0 fully saturated rings. The molecule has 0 aliphatic heterocycles. The number of benzene rings is 2. The van der Waals surface area contributed by atoms with Gasteiger partial charge in [0.1, 0.15) is 19.0 Å². The second kappa shape index (κ2) is 8.68. The van der Waals surface area contributed by atoms with E-state index in [0.717, 1.165) is 0 Å². The number of para-hydroxylation sites is 2. The summed E-state index contributed by atoms with van der Waals surface area (Å²) in [5, 5.41) is 0. The molecule has 0 heterocycles. The van der Waals surface area contributed by atoms with Crippen molar-refractivity contribution in [2.45, 2.75) is 6.92 Å². The van der Waals surface area contributed by atoms with Crippen LogP contribution in [0.1, 0.15) is 17.3 Å². The average molecular weight is 316 g/mol. The van der Waals surface area contributed by atoms with Gasteiger partial charge >= 0.3 is 5.97 Å². The Morgan fingerprint density at radius 2 is 1.57 bits per heavy atom. The quantitative estimate of drug-likeness (QED) is 0.552. The van der Waals surface area contributed by atoms with Crippen molar-refractivity contribution in [3.05, 3.63) is 54.1 Å². The van der Waals surface area contributed by atoms with Crippen molar-refractivity contribution in [2.75, 3.05) is 26.9 Å². The van der Waals surface area contributed by atoms with Gasteiger partial charge in [-0.2, -0.15) is 0 Å². The maximum atomic E-state index is 11.5. The van der Waals surface area contributed by atoms with Gasteiger partial charge in [-0.05, 0) is 43.3 Å². The number of hydrogen-bond acceptors (Lipinski definition) is 5. The Morgan fingerprint density at radius 1 is 0.913 bits per heavy atom. The molecule has 0 unspecified atom stereocenters. The van der Waals surface area contributed by atoms with Gasteiger partial charge in [0.25, 0.3) is 0 Å². The molecule has 0 atom stereocenters. The third kappa shape index (κ3) is 4.92. The monoisotopic (exact) mass is 316 g/mol. The first-order valence-corrected chi connectivity index (χ1v) is 7.40. The predicted molar refractivity (Wildman–Crippen MR) is 86.4 cm³/mol. The van der Waals surface area contributed by atoms with Crippen LogP contribution in [0, 0.1) is 0 Å². The van der Waals surface area contributed by atoms with Crippen LogP contribution in [0.15, 0.2) is 48.5 Å². The molecule has 5 heteroatoms. The summed E-state index contributed by atoms with van der Waals surface area (Å²) < 4.78 is 21.3. The first-order valence-electron chi connectivity index (χ1n) is 7.40. The van der Waals surface area contributed by atoms with Gasteiger partial charge in [-0.25, -0.2) is 4.79 Å². The van der Waals surface area contributed by atoms with Crippen molar-refractivity contribution < 1.29 is 23.7 Å². The fourth-order valence-corrected chi connectivity index (χ4v) is 1.95. The Hall–Kier alpha value is -2.69. The number of carbonyl (C=O) groups is 1. The van der Waals surface area contributed by atoms with Gasteiger partial charge in [0.15, 0.2) is 11.5 Å². The topological polar surface area (TPSA) is 54.0 Å². The first kappa shape index (κ1) is 16.7. The molecule has 0 amide bonds. The van der Waals surface area contributed by atoms with Crippen LogP contribution in [-0.4, -0.2) is 32.9 Å². The first-order chi connectivity index (χ1) is 11.2. The number of hydrogen-bond donors (Lipinski definition) is 0. The molecule has 23 heavy (non-hydrogen) atoms. The van der Waals surface area contributed by atoms with Crippen LogP contribution >= 0.6 is 0 Å². The summed E-state index contributed by atoms with van der Waals surface area (Å²) in [4.78, 5) is 11.5. The van der Waals surface area contributed by atoms with Gasteiger partial charge in [0.2, 0.25) is 0 Å². The molecule has 2 aromatic carbocycles. The lowest BCUT2D eigenvalue weighted by molar-refractivity contribution is 0.0526. The summed E-state index contributed by atoms with van der Waals surface area (Å²) in [6.45, 7) is 2.91. The molecule has 2 rings (SSSR count). The van der Waals surface area contributed by atoms with Gasteiger partial charge in [0.05, 0.1) is 19.3 Å². The highest BCUT2D eigenvalue weighted by Crippen LogP contribution is 2.25. The van der Waals surface area contributed by atoms with Crippen LogP contribution in [-0.2, 0) is 4.74 Å². The summed E-state index contributed by atoms with van der Waals surface area (Å²) in [6.07, 6.45) is 0. The van der Waals surface area contributed by atoms with E-state index in [0.29, 0.717) is 42.6 Å². The lowest BCUT2D eigenvalue weighted by Gasteiger charge is -2.11. The normalized spacial score (nSPS) is 10.0. The summed E-state index contributed by atoms with van der Waals surface area (Å²) in [5.41, 5.74) is 0.504. The molecular weight excluding hydrogens is 296 g/mol. The fraction of sp³-hybridized carbons (Fsp3) is 0.278. The maximum absolute atomic E-state index is 11.5. The lowest BCUT2D eigenvalue weighted by atomic mass is 10.2. The van der Waals surface area contributed by atoms with Gasteiger partial charge in [-0.15, -0.1) is 0 Å². The van der Waals surface area contributed by atoms with E-state index in [2.05, 4.69) is 0 Å². The minimum atomic E-state index is -0.335. The molecule has 0 saturated carbocycles. The molecule has 0 N–H and O–H groups in total. The van der Waals surface area contributed by atoms with E-state index in [1.807, 2.05) is 24.3 Å². The van der Waals surface area contributed by atoms with Gasteiger partial charge < -0.3 is 18.9 Å². The van der Waals surface area contributed by atoms with E-state index < -0.39 is 0 Å². The smallest absolute Gasteiger partial charge is 0.338 e. The number of carbonyl (C=O) groups excluding carboxylic acids is 1. The minimum Gasteiger partial charge on any atom is -0.493 e. The summed E-state index contributed by atoms with van der Waals surface area (Å²) >= 11 is 0. The average Bonchev–Trinajstić information content (AvgIpc) is 2.60. The third-order valence-electron chi connectivity index (χ3n) is 3.04. The Balaban J connectivity index is 1.79. The lowest BCUT2D eigenvalue weighted by Crippen LogP contribution is -2.10. The number of methoxy groups -OCH3 is 1. The summed E-state index contributed by atoms with van der Waals surface area (Å²) in [5.74, 6) is 1.70. The van der Waals surface area contributed by atoms with Crippen molar-refractivity contribution in [2.24, 2.45) is 0 Å². The Bertz CT molecular complexity index is 622. The SMILES string of the molecule is CCOC(=O)c1ccc(OCCOc2ccccc2OC)cc1. The number of esters is 1. The van der Waals surface area contributed by atoms with Crippen LogP contribution in [0.5, 0.6) is 17.2 Å². The van der Waals surface area contributed by atoms with Crippen LogP contribution in [0.3, 0.4) is 0 Å². The van der Waals surface area contributed by atoms with Crippen LogP contribution in [0.25, 0.3) is 0 Å². The molecule has 2 aromatic rings. The van der Waals surface area contributed by atoms with Crippen molar-refractivity contribution in [3.8, 4) is 17.2 Å². The Morgan fingerprint density at radius 3 is 2.22 bits per heavy atom. The molecule has 0 aliphatic carbocycles. The van der Waals surface area contributed by atoms with Gasteiger partial charge in [0, 0.05) is 0 Å². The number of ether oxygens (including phenoxy) is 4. The van der Waals surface area contributed by atoms with Crippen molar-refractivity contribution in [1.82, 2.24) is 0 Å². The highest BCUT2D eigenvalue weighted by molar-refractivity contribution is 5.89. The van der Waals surface area contributed by atoms with Crippen molar-refractivity contribution >= 4 is 5.97 Å². The van der Waals surface area contributed by atoms with E-state index in [1.165, 1.54) is 0 Å². The molecule has 122 valence electrons. The van der Waals surface area contributed by atoms with E-state index in [-0.39, 0.29) is 5.97 Å². The van der Waals surface area contributed by atoms with Gasteiger partial charge in [-0.1, -0.05) is 12.1 Å². The highest BCUT2D eigenvalue weighted by atomic mass is 16.5. The van der Waals surface area contributed by atoms with E-state index in [4.69, 9.17) is 18.9 Å². The van der Waals surface area contributed by atoms with E-state index in [9.17, 15) is 4.79 Å². The molecule has 0 spiro atoms. The van der Waals surface area contributed by atoms with E-state index >= 15 is 0 Å². The van der Waals surface area contributed by atoms with Crippen molar-refractivity contribution in [1.29, 1.82) is 0 Å². The Labute approximate surface area is 135 Å². The zero-order valence-corrected chi connectivity index (χ0v) is 13.3. The second-order valence-corrected chi connectivity index (χ2v) is 4.59. The predicted octanol–water partition coefficient (Wildman–Crippen LogP) is 3.33. The molecular formula is C18H20O5. The maximum Gasteiger partial charge on any atom is 0.338 e. The second-order valence-electron chi connectivity index (χ2n) is 4.59. The van der Waals surface area contributed by atoms with E-state index in [1.54, 1.807) is 38.3 Å². The van der Waals surface area contributed by atoms with Crippen molar-refractivity contribution in [3.63, 3.8) is 0 Å². The van der Waals surface area contributed by atoms with Gasteiger partial charge in [-0.3, -0.25) is 0 Å². The standard InChI is InChI=1S/C18H20O5/c1-3-21-18(19)14-8-10-15(11-9-14)22-12-13-23-17-7-5-4-6-16(17)20-2/h4-11H,3,12-13H2,1-2H3. The minimum absolute atomic E-state index is 0.335. The van der Waals surface area contributed by atoms with Crippen LogP contribution < -0.4 is 14.2 Å². The zero-order chi connectivity index (χ0) is 16.5. The highest BCUT2D eigenvalue weighted by Gasteiger charge is 2.06. The van der Waals surface area contributed by atoms with Crippen LogP contribution in [0.4, 0.5) is 0 Å². The summed E-state index contributed by atoms with van der Waals surface area (Å²) in [6, 6.07) is 14.3. The third-order valence-corrected chi connectivity index (χ3v) is 3.04. The molecule has 0 aliphatic rings. The van der Waals surface area contributed by atoms with Crippen LogP contribution in [0.2, 0.25) is 0 Å². The molecule has 0 bridgehead atoms. The molecule has 0 saturated heterocycles. The summed E-state index contributed by atoms with van der Waals surface area (Å²) in [7, 11) is 1.60. The number of rotatable bonds is 8. The Kier molecular flexibility index (Phi) is 6.29.